The van der Waals surface area contributed by atoms with Crippen LogP contribution in [-0.2, 0) is 9.78 Å². The van der Waals surface area contributed by atoms with E-state index in [1.807, 2.05) is 0 Å². The van der Waals surface area contributed by atoms with Gasteiger partial charge in [-0.15, -0.1) is 0 Å². The molecule has 38 heavy (non-hydrogen) atoms. The number of hydrogen-bond acceptors (Lipinski definition) is 2. The van der Waals surface area contributed by atoms with Gasteiger partial charge in [0.1, 0.15) is 0 Å². The van der Waals surface area contributed by atoms with Gasteiger partial charge in [-0.1, -0.05) is 154 Å². The van der Waals surface area contributed by atoms with E-state index in [1.165, 1.54) is 167 Å². The summed E-state index contributed by atoms with van der Waals surface area (Å²) in [6.07, 6.45) is 47.2. The topological polar surface area (TPSA) is 18.5 Å². The van der Waals surface area contributed by atoms with Crippen LogP contribution in [0.15, 0.2) is 24.3 Å². The van der Waals surface area contributed by atoms with Crippen LogP contribution in [0.2, 0.25) is 0 Å². The van der Waals surface area contributed by atoms with E-state index in [0.717, 1.165) is 26.1 Å². The third kappa shape index (κ3) is 35.4. The fourth-order valence-corrected chi connectivity index (χ4v) is 4.93. The fourth-order valence-electron chi connectivity index (χ4n) is 4.93. The molecule has 0 bridgehead atoms. The minimum Gasteiger partial charge on any atom is -0.237 e. The Bertz CT molecular complexity index is 414. The van der Waals surface area contributed by atoms with Gasteiger partial charge in [-0.2, -0.15) is 0 Å². The van der Waals surface area contributed by atoms with Gasteiger partial charge in [-0.25, -0.2) is 9.78 Å². The number of unbranched alkanes of at least 4 members (excludes halogenated alkanes) is 24. The normalized spacial score (nSPS) is 11.9. The summed E-state index contributed by atoms with van der Waals surface area (Å²) in [7, 11) is 0. The van der Waals surface area contributed by atoms with Gasteiger partial charge in [-0.05, 0) is 64.2 Å². The molecule has 0 amide bonds. The minimum absolute atomic E-state index is 0.757. The van der Waals surface area contributed by atoms with Crippen molar-refractivity contribution in [2.24, 2.45) is 0 Å². The molecule has 0 heterocycles. The lowest BCUT2D eigenvalue weighted by atomic mass is 10.1. The molecule has 0 rings (SSSR count). The number of rotatable bonds is 33. The summed E-state index contributed by atoms with van der Waals surface area (Å²) in [6, 6.07) is 0. The number of hydrogen-bond donors (Lipinski definition) is 0. The molecule has 2 heteroatoms. The smallest absolute Gasteiger partial charge is 0.0822 e. The van der Waals surface area contributed by atoms with Crippen LogP contribution in [0.4, 0.5) is 0 Å². The molecule has 0 radical (unpaired) electrons. The zero-order valence-electron chi connectivity index (χ0n) is 26.3. The van der Waals surface area contributed by atoms with Crippen molar-refractivity contribution in [2.45, 2.75) is 194 Å². The first-order valence-corrected chi connectivity index (χ1v) is 17.5. The molecule has 0 aliphatic carbocycles. The summed E-state index contributed by atoms with van der Waals surface area (Å²) in [5.74, 6) is 0. The highest BCUT2D eigenvalue weighted by Crippen LogP contribution is 2.12. The molecule has 0 fully saturated rings. The Labute approximate surface area is 240 Å². The number of allylic oxidation sites excluding steroid dienone is 4. The van der Waals surface area contributed by atoms with Crippen molar-refractivity contribution in [3.63, 3.8) is 0 Å². The molecule has 226 valence electrons. The van der Waals surface area contributed by atoms with Crippen LogP contribution in [0.25, 0.3) is 0 Å². The Kier molecular flexibility index (Phi) is 35.8. The summed E-state index contributed by atoms with van der Waals surface area (Å²) < 4.78 is 0. The minimum atomic E-state index is 0.757. The van der Waals surface area contributed by atoms with Crippen LogP contribution in [0.1, 0.15) is 194 Å². The van der Waals surface area contributed by atoms with Crippen LogP contribution in [0, 0.1) is 0 Å². The monoisotopic (exact) mass is 535 g/mol. The lowest BCUT2D eigenvalue weighted by molar-refractivity contribution is -0.295. The van der Waals surface area contributed by atoms with Crippen molar-refractivity contribution < 1.29 is 9.78 Å². The highest BCUT2D eigenvalue weighted by Gasteiger charge is 1.95. The zero-order valence-corrected chi connectivity index (χ0v) is 26.3. The van der Waals surface area contributed by atoms with Crippen LogP contribution >= 0.6 is 0 Å². The highest BCUT2D eigenvalue weighted by atomic mass is 17.2. The maximum absolute atomic E-state index is 5.36. The van der Waals surface area contributed by atoms with Gasteiger partial charge in [0, 0.05) is 0 Å². The lowest BCUT2D eigenvalue weighted by Crippen LogP contribution is -1.99. The fraction of sp³-hybridized carbons (Fsp3) is 0.889. The summed E-state index contributed by atoms with van der Waals surface area (Å²) in [6.45, 7) is 6.09. The lowest BCUT2D eigenvalue weighted by Gasteiger charge is -2.05. The first-order valence-electron chi connectivity index (χ1n) is 17.5. The molecule has 0 aliphatic rings. The van der Waals surface area contributed by atoms with Crippen LogP contribution in [0.5, 0.6) is 0 Å². The average molecular weight is 535 g/mol. The molecule has 0 aromatic heterocycles. The van der Waals surface area contributed by atoms with Gasteiger partial charge < -0.3 is 0 Å². The summed E-state index contributed by atoms with van der Waals surface area (Å²) >= 11 is 0. The van der Waals surface area contributed by atoms with Crippen LogP contribution < -0.4 is 0 Å². The predicted molar refractivity (Wildman–Crippen MR) is 171 cm³/mol. The molecule has 0 aliphatic heterocycles. The van der Waals surface area contributed by atoms with Crippen molar-refractivity contribution in [2.75, 3.05) is 13.2 Å². The second kappa shape index (κ2) is 36.4. The van der Waals surface area contributed by atoms with Gasteiger partial charge >= 0.3 is 0 Å². The van der Waals surface area contributed by atoms with Crippen molar-refractivity contribution in [1.29, 1.82) is 0 Å². The Morgan fingerprint density at radius 1 is 0.289 bits per heavy atom. The standard InChI is InChI=1S/C36H70O2/c1-3-5-7-9-11-13-15-17-19-21-23-25-27-29-31-33-35-37-38-36-34-32-30-28-26-24-22-20-18-16-14-12-10-8-6-4-2/h17-20H,3-16,21-36H2,1-2H3. The molecule has 0 aromatic rings. The van der Waals surface area contributed by atoms with E-state index >= 15 is 0 Å². The Morgan fingerprint density at radius 2 is 0.526 bits per heavy atom. The molecular weight excluding hydrogens is 464 g/mol. The molecule has 0 saturated heterocycles. The third-order valence-corrected chi connectivity index (χ3v) is 7.56. The molecule has 0 N–H and O–H groups in total. The summed E-state index contributed by atoms with van der Waals surface area (Å²) in [5.41, 5.74) is 0. The van der Waals surface area contributed by atoms with Crippen molar-refractivity contribution >= 4 is 0 Å². The highest BCUT2D eigenvalue weighted by molar-refractivity contribution is 4.82. The maximum atomic E-state index is 5.36. The van der Waals surface area contributed by atoms with Crippen LogP contribution in [-0.4, -0.2) is 13.2 Å². The SMILES string of the molecule is CCCCCCCCC=CCCCCCCCCOOCCCCCCCCC=CCCCCCCCC. The van der Waals surface area contributed by atoms with E-state index in [1.54, 1.807) is 0 Å². The summed E-state index contributed by atoms with van der Waals surface area (Å²) in [4.78, 5) is 10.7. The average Bonchev–Trinajstić information content (AvgIpc) is 2.93. The van der Waals surface area contributed by atoms with E-state index in [9.17, 15) is 0 Å². The van der Waals surface area contributed by atoms with E-state index in [0.29, 0.717) is 0 Å². The first kappa shape index (κ1) is 37.4. The van der Waals surface area contributed by atoms with Gasteiger partial charge in [0.05, 0.1) is 13.2 Å². The van der Waals surface area contributed by atoms with Gasteiger partial charge in [0.15, 0.2) is 0 Å². The Balaban J connectivity index is 3.09. The zero-order chi connectivity index (χ0) is 27.5. The quantitative estimate of drug-likeness (QED) is 0.0361. The van der Waals surface area contributed by atoms with E-state index in [2.05, 4.69) is 38.2 Å². The van der Waals surface area contributed by atoms with Gasteiger partial charge in [0.2, 0.25) is 0 Å². The predicted octanol–water partition coefficient (Wildman–Crippen LogP) is 13.0. The van der Waals surface area contributed by atoms with Crippen molar-refractivity contribution in [1.82, 2.24) is 0 Å². The van der Waals surface area contributed by atoms with E-state index in [-0.39, 0.29) is 0 Å². The van der Waals surface area contributed by atoms with Crippen molar-refractivity contribution in [3.05, 3.63) is 24.3 Å². The molecule has 0 spiro atoms. The first-order chi connectivity index (χ1) is 18.9. The Morgan fingerprint density at radius 3 is 0.816 bits per heavy atom. The maximum Gasteiger partial charge on any atom is 0.0822 e. The molecular formula is C36H70O2. The van der Waals surface area contributed by atoms with E-state index < -0.39 is 0 Å². The van der Waals surface area contributed by atoms with Crippen molar-refractivity contribution in [3.8, 4) is 0 Å². The summed E-state index contributed by atoms with van der Waals surface area (Å²) in [5, 5.41) is 0. The molecule has 0 unspecified atom stereocenters. The largest absolute Gasteiger partial charge is 0.237 e. The molecule has 0 atom stereocenters. The second-order valence-corrected chi connectivity index (χ2v) is 11.5. The molecule has 0 saturated carbocycles. The third-order valence-electron chi connectivity index (χ3n) is 7.56. The second-order valence-electron chi connectivity index (χ2n) is 11.5. The molecule has 2 nitrogen and oxygen atoms in total. The van der Waals surface area contributed by atoms with E-state index in [4.69, 9.17) is 9.78 Å². The van der Waals surface area contributed by atoms with Gasteiger partial charge in [-0.3, -0.25) is 0 Å². The Hall–Kier alpha value is -0.600. The van der Waals surface area contributed by atoms with Gasteiger partial charge in [0.25, 0.3) is 0 Å². The molecule has 0 aromatic carbocycles. The van der Waals surface area contributed by atoms with Crippen LogP contribution in [0.3, 0.4) is 0 Å².